The molecule has 0 aliphatic rings. The summed E-state index contributed by atoms with van der Waals surface area (Å²) in [5.74, 6) is -0.471. The Labute approximate surface area is 104 Å². The van der Waals surface area contributed by atoms with Crippen LogP contribution in [0.2, 0.25) is 0 Å². The fraction of sp³-hybridized carbons (Fsp3) is 0.100. The van der Waals surface area contributed by atoms with Gasteiger partial charge in [-0.1, -0.05) is 5.16 Å². The highest BCUT2D eigenvalue weighted by Gasteiger charge is 2.13. The predicted molar refractivity (Wildman–Crippen MR) is 61.1 cm³/mol. The van der Waals surface area contributed by atoms with Crippen LogP contribution in [0.1, 0.15) is 16.2 Å². The molecule has 0 atom stereocenters. The number of aryl methyl sites for hydroxylation is 1. The summed E-state index contributed by atoms with van der Waals surface area (Å²) in [6.07, 6.45) is 0. The summed E-state index contributed by atoms with van der Waals surface area (Å²) < 4.78 is 17.9. The Morgan fingerprint density at radius 1 is 1.53 bits per heavy atom. The van der Waals surface area contributed by atoms with Gasteiger partial charge in [0.05, 0.1) is 5.56 Å². The summed E-state index contributed by atoms with van der Waals surface area (Å²) in [6, 6.07) is 3.76. The van der Waals surface area contributed by atoms with E-state index in [1.54, 1.807) is 6.92 Å². The molecule has 2 aromatic rings. The minimum absolute atomic E-state index is 0.00345. The van der Waals surface area contributed by atoms with Crippen molar-refractivity contribution in [2.24, 2.45) is 0 Å². The van der Waals surface area contributed by atoms with E-state index in [2.05, 4.69) is 31.4 Å². The molecule has 0 unspecified atom stereocenters. The molecule has 0 saturated carbocycles. The Kier molecular flexibility index (Phi) is 3.19. The van der Waals surface area contributed by atoms with Crippen molar-refractivity contribution in [2.75, 3.05) is 5.32 Å². The molecule has 1 amide bonds. The van der Waals surface area contributed by atoms with Crippen molar-refractivity contribution in [3.63, 3.8) is 0 Å². The summed E-state index contributed by atoms with van der Waals surface area (Å²) in [5, 5.41) is 5.94. The van der Waals surface area contributed by atoms with Crippen LogP contribution in [-0.2, 0) is 0 Å². The Morgan fingerprint density at radius 2 is 2.29 bits per heavy atom. The highest BCUT2D eigenvalue weighted by molar-refractivity contribution is 9.10. The second-order valence-electron chi connectivity index (χ2n) is 3.23. The molecule has 5 nitrogen and oxygen atoms in total. The first-order chi connectivity index (χ1) is 8.06. The molecule has 0 spiro atoms. The van der Waals surface area contributed by atoms with Crippen LogP contribution in [0.15, 0.2) is 27.2 Å². The van der Waals surface area contributed by atoms with Crippen LogP contribution in [0.4, 0.5) is 10.4 Å². The smallest absolute Gasteiger partial charge is 0.315 e. The molecule has 1 N–H and O–H groups in total. The normalized spacial score (nSPS) is 10.3. The van der Waals surface area contributed by atoms with E-state index < -0.39 is 11.7 Å². The van der Waals surface area contributed by atoms with Crippen molar-refractivity contribution in [1.29, 1.82) is 0 Å². The maximum atomic E-state index is 12.8. The third-order valence-electron chi connectivity index (χ3n) is 1.92. The molecule has 1 aromatic carbocycles. The lowest BCUT2D eigenvalue weighted by Gasteiger charge is -2.02. The number of amides is 1. The number of benzene rings is 1. The SMILES string of the molecule is Cc1noc(NC(=O)c2ccc(F)cc2Br)n1. The van der Waals surface area contributed by atoms with Gasteiger partial charge in [-0.25, -0.2) is 4.39 Å². The number of rotatable bonds is 2. The number of anilines is 1. The molecule has 2 rings (SSSR count). The van der Waals surface area contributed by atoms with Crippen molar-refractivity contribution in [3.05, 3.63) is 39.9 Å². The average Bonchev–Trinajstić information content (AvgIpc) is 2.63. The third-order valence-corrected chi connectivity index (χ3v) is 2.58. The van der Waals surface area contributed by atoms with Gasteiger partial charge in [-0.15, -0.1) is 0 Å². The van der Waals surface area contributed by atoms with Crippen molar-refractivity contribution in [3.8, 4) is 0 Å². The summed E-state index contributed by atoms with van der Waals surface area (Å²) in [7, 11) is 0. The molecule has 1 aromatic heterocycles. The number of nitrogens with one attached hydrogen (secondary N) is 1. The Morgan fingerprint density at radius 3 is 2.88 bits per heavy atom. The van der Waals surface area contributed by atoms with E-state index in [0.717, 1.165) is 0 Å². The summed E-state index contributed by atoms with van der Waals surface area (Å²) >= 11 is 3.10. The first kappa shape index (κ1) is 11.7. The van der Waals surface area contributed by atoms with E-state index in [1.165, 1.54) is 18.2 Å². The standard InChI is InChI=1S/C10H7BrFN3O2/c1-5-13-10(17-15-5)14-9(16)7-3-2-6(12)4-8(7)11/h2-4H,1H3,(H,13,14,15,16). The zero-order chi connectivity index (χ0) is 12.4. The van der Waals surface area contributed by atoms with Gasteiger partial charge in [0, 0.05) is 4.47 Å². The van der Waals surface area contributed by atoms with Crippen molar-refractivity contribution < 1.29 is 13.7 Å². The molecule has 0 aliphatic heterocycles. The Bertz CT molecular complexity index is 570. The zero-order valence-electron chi connectivity index (χ0n) is 8.70. The number of carbonyl (C=O) groups is 1. The van der Waals surface area contributed by atoms with Crippen LogP contribution in [0.25, 0.3) is 0 Å². The maximum absolute atomic E-state index is 12.8. The number of hydrogen-bond acceptors (Lipinski definition) is 4. The fourth-order valence-electron chi connectivity index (χ4n) is 1.19. The minimum Gasteiger partial charge on any atom is -0.315 e. The van der Waals surface area contributed by atoms with Crippen LogP contribution in [0, 0.1) is 12.7 Å². The van der Waals surface area contributed by atoms with E-state index in [4.69, 9.17) is 4.52 Å². The topological polar surface area (TPSA) is 68.0 Å². The average molecular weight is 300 g/mol. The van der Waals surface area contributed by atoms with Crippen molar-refractivity contribution in [1.82, 2.24) is 10.1 Å². The highest BCUT2D eigenvalue weighted by atomic mass is 79.9. The number of carbonyl (C=O) groups excluding carboxylic acids is 1. The Balaban J connectivity index is 2.20. The monoisotopic (exact) mass is 299 g/mol. The molecule has 17 heavy (non-hydrogen) atoms. The van der Waals surface area contributed by atoms with Gasteiger partial charge in [-0.05, 0) is 41.1 Å². The van der Waals surface area contributed by atoms with Gasteiger partial charge in [0.15, 0.2) is 5.82 Å². The van der Waals surface area contributed by atoms with E-state index in [0.29, 0.717) is 10.3 Å². The fourth-order valence-corrected chi connectivity index (χ4v) is 1.72. The quantitative estimate of drug-likeness (QED) is 0.925. The first-order valence-corrected chi connectivity index (χ1v) is 5.42. The lowest BCUT2D eigenvalue weighted by molar-refractivity contribution is 0.102. The molecule has 88 valence electrons. The van der Waals surface area contributed by atoms with E-state index in [9.17, 15) is 9.18 Å². The second kappa shape index (κ2) is 4.62. The van der Waals surface area contributed by atoms with Crippen LogP contribution in [0.5, 0.6) is 0 Å². The largest absolute Gasteiger partial charge is 0.328 e. The van der Waals surface area contributed by atoms with E-state index in [1.807, 2.05) is 0 Å². The second-order valence-corrected chi connectivity index (χ2v) is 4.08. The molecule has 0 saturated heterocycles. The molecule has 0 fully saturated rings. The number of aromatic nitrogens is 2. The Hall–Kier alpha value is -1.76. The number of nitrogens with zero attached hydrogens (tertiary/aromatic N) is 2. The number of hydrogen-bond donors (Lipinski definition) is 1. The van der Waals surface area contributed by atoms with E-state index >= 15 is 0 Å². The number of halogens is 2. The van der Waals surface area contributed by atoms with Gasteiger partial charge in [-0.3, -0.25) is 10.1 Å². The van der Waals surface area contributed by atoms with Gasteiger partial charge in [-0.2, -0.15) is 4.98 Å². The van der Waals surface area contributed by atoms with Crippen molar-refractivity contribution in [2.45, 2.75) is 6.92 Å². The van der Waals surface area contributed by atoms with Gasteiger partial charge in [0.1, 0.15) is 5.82 Å². The van der Waals surface area contributed by atoms with Crippen LogP contribution in [-0.4, -0.2) is 16.0 Å². The van der Waals surface area contributed by atoms with Gasteiger partial charge < -0.3 is 4.52 Å². The third kappa shape index (κ3) is 2.68. The lowest BCUT2D eigenvalue weighted by atomic mass is 10.2. The molecular weight excluding hydrogens is 293 g/mol. The van der Waals surface area contributed by atoms with E-state index in [-0.39, 0.29) is 11.6 Å². The summed E-state index contributed by atoms with van der Waals surface area (Å²) in [5.41, 5.74) is 0.280. The molecule has 0 aliphatic carbocycles. The zero-order valence-corrected chi connectivity index (χ0v) is 10.3. The summed E-state index contributed by atoms with van der Waals surface area (Å²) in [6.45, 7) is 1.63. The van der Waals surface area contributed by atoms with Crippen LogP contribution < -0.4 is 5.32 Å². The first-order valence-electron chi connectivity index (χ1n) is 4.63. The molecular formula is C10H7BrFN3O2. The molecule has 0 bridgehead atoms. The minimum atomic E-state index is -0.458. The maximum Gasteiger partial charge on any atom is 0.328 e. The summed E-state index contributed by atoms with van der Waals surface area (Å²) in [4.78, 5) is 15.6. The van der Waals surface area contributed by atoms with Crippen LogP contribution in [0.3, 0.4) is 0 Å². The van der Waals surface area contributed by atoms with Gasteiger partial charge in [0.25, 0.3) is 5.91 Å². The highest BCUT2D eigenvalue weighted by Crippen LogP contribution is 2.19. The molecule has 7 heteroatoms. The lowest BCUT2D eigenvalue weighted by Crippen LogP contribution is -2.12. The molecule has 0 radical (unpaired) electrons. The molecule has 1 heterocycles. The van der Waals surface area contributed by atoms with Crippen molar-refractivity contribution >= 4 is 27.9 Å². The van der Waals surface area contributed by atoms with Crippen LogP contribution >= 0.6 is 15.9 Å². The van der Waals surface area contributed by atoms with Gasteiger partial charge >= 0.3 is 6.01 Å². The van der Waals surface area contributed by atoms with Gasteiger partial charge in [0.2, 0.25) is 0 Å². The predicted octanol–water partition coefficient (Wildman–Crippen LogP) is 2.53.